The molecule has 1 aliphatic heterocycles. The molecule has 0 radical (unpaired) electrons. The first kappa shape index (κ1) is 16.1. The predicted molar refractivity (Wildman–Crippen MR) is 86.4 cm³/mol. The fraction of sp³-hybridized carbons (Fsp3) is 0.600. The summed E-state index contributed by atoms with van der Waals surface area (Å²) in [5, 5.41) is 1.26. The second-order valence-corrected chi connectivity index (χ2v) is 6.34. The monoisotopic (exact) mass is 315 g/mol. The molecule has 1 aromatic carbocycles. The minimum atomic E-state index is 0.623. The number of piperidine rings is 1. The molecule has 0 atom stereocenters. The summed E-state index contributed by atoms with van der Waals surface area (Å²) in [4.78, 5) is 4.86. The molecule has 1 aromatic rings. The van der Waals surface area contributed by atoms with E-state index in [9.17, 15) is 0 Å². The highest BCUT2D eigenvalue weighted by atomic mass is 35.5. The van der Waals surface area contributed by atoms with Crippen molar-refractivity contribution in [1.29, 1.82) is 0 Å². The van der Waals surface area contributed by atoms with Gasteiger partial charge in [-0.25, -0.2) is 0 Å². The Morgan fingerprint density at radius 3 is 2.55 bits per heavy atom. The van der Waals surface area contributed by atoms with Crippen molar-refractivity contribution >= 4 is 23.2 Å². The van der Waals surface area contributed by atoms with E-state index in [0.717, 1.165) is 32.7 Å². The first-order chi connectivity index (χ1) is 9.60. The van der Waals surface area contributed by atoms with E-state index in [0.29, 0.717) is 16.1 Å². The number of nitrogens with zero attached hydrogens (tertiary/aromatic N) is 2. The minimum Gasteiger partial charge on any atom is -0.329 e. The Kier molecular flexibility index (Phi) is 6.12. The zero-order valence-electron chi connectivity index (χ0n) is 12.0. The van der Waals surface area contributed by atoms with Crippen molar-refractivity contribution in [1.82, 2.24) is 9.80 Å². The van der Waals surface area contributed by atoms with Crippen LogP contribution >= 0.6 is 23.2 Å². The number of nitrogens with two attached hydrogens (primary N) is 1. The van der Waals surface area contributed by atoms with Crippen LogP contribution in [0, 0.1) is 0 Å². The van der Waals surface area contributed by atoms with Gasteiger partial charge in [-0.15, -0.1) is 0 Å². The van der Waals surface area contributed by atoms with Crippen LogP contribution in [0.25, 0.3) is 0 Å². The number of likely N-dealkylation sites (N-methyl/N-ethyl adjacent to an activating group) is 1. The molecule has 0 aromatic heterocycles. The Balaban J connectivity index is 1.83. The van der Waals surface area contributed by atoms with Gasteiger partial charge < -0.3 is 10.6 Å². The van der Waals surface area contributed by atoms with Gasteiger partial charge >= 0.3 is 0 Å². The molecule has 1 fully saturated rings. The zero-order valence-corrected chi connectivity index (χ0v) is 13.5. The maximum absolute atomic E-state index is 6.06. The molecule has 0 saturated carbocycles. The van der Waals surface area contributed by atoms with Crippen molar-refractivity contribution in [2.45, 2.75) is 25.4 Å². The van der Waals surface area contributed by atoms with E-state index in [1.54, 1.807) is 0 Å². The summed E-state index contributed by atoms with van der Waals surface area (Å²) in [6.07, 6.45) is 2.41. The Morgan fingerprint density at radius 1 is 1.25 bits per heavy atom. The molecule has 1 heterocycles. The number of rotatable bonds is 5. The molecule has 5 heteroatoms. The van der Waals surface area contributed by atoms with Crippen molar-refractivity contribution < 1.29 is 0 Å². The lowest BCUT2D eigenvalue weighted by Gasteiger charge is -2.36. The lowest BCUT2D eigenvalue weighted by molar-refractivity contribution is 0.125. The largest absolute Gasteiger partial charge is 0.329 e. The van der Waals surface area contributed by atoms with Crippen molar-refractivity contribution in [3.63, 3.8) is 0 Å². The highest BCUT2D eigenvalue weighted by Gasteiger charge is 2.22. The molecule has 20 heavy (non-hydrogen) atoms. The zero-order chi connectivity index (χ0) is 14.5. The fourth-order valence-corrected chi connectivity index (χ4v) is 3.12. The second-order valence-electron chi connectivity index (χ2n) is 5.53. The summed E-state index contributed by atoms with van der Waals surface area (Å²) in [6, 6.07) is 6.57. The molecule has 3 nitrogen and oxygen atoms in total. The molecular weight excluding hydrogens is 293 g/mol. The van der Waals surface area contributed by atoms with Crippen molar-refractivity contribution in [2.24, 2.45) is 5.73 Å². The van der Waals surface area contributed by atoms with Crippen molar-refractivity contribution in [3.05, 3.63) is 33.8 Å². The summed E-state index contributed by atoms with van der Waals surface area (Å²) in [5.41, 5.74) is 6.85. The summed E-state index contributed by atoms with van der Waals surface area (Å²) in [5.74, 6) is 0. The fourth-order valence-electron chi connectivity index (χ4n) is 2.80. The van der Waals surface area contributed by atoms with E-state index >= 15 is 0 Å². The maximum atomic E-state index is 6.06. The molecule has 0 unspecified atom stereocenters. The van der Waals surface area contributed by atoms with Gasteiger partial charge in [-0.2, -0.15) is 0 Å². The standard InChI is InChI=1S/C15H23Cl2N3/c1-19(9-6-18)13-4-7-20(8-5-13)11-12-2-3-14(16)15(17)10-12/h2-3,10,13H,4-9,11,18H2,1H3. The topological polar surface area (TPSA) is 32.5 Å². The first-order valence-corrected chi connectivity index (χ1v) is 7.92. The van der Waals surface area contributed by atoms with Crippen LogP contribution in [-0.4, -0.2) is 49.1 Å². The Bertz CT molecular complexity index is 431. The van der Waals surface area contributed by atoms with Gasteiger partial charge in [0, 0.05) is 25.7 Å². The van der Waals surface area contributed by atoms with Crippen LogP contribution in [0.2, 0.25) is 10.0 Å². The van der Waals surface area contributed by atoms with Crippen LogP contribution in [0.5, 0.6) is 0 Å². The van der Waals surface area contributed by atoms with Crippen LogP contribution in [0.1, 0.15) is 18.4 Å². The van der Waals surface area contributed by atoms with E-state index in [4.69, 9.17) is 28.9 Å². The SMILES string of the molecule is CN(CCN)C1CCN(Cc2ccc(Cl)c(Cl)c2)CC1. The molecule has 0 amide bonds. The number of hydrogen-bond donors (Lipinski definition) is 1. The van der Waals surface area contributed by atoms with Gasteiger partial charge in [0.25, 0.3) is 0 Å². The van der Waals surface area contributed by atoms with Crippen molar-refractivity contribution in [2.75, 3.05) is 33.2 Å². The molecule has 112 valence electrons. The van der Waals surface area contributed by atoms with E-state index in [1.165, 1.54) is 18.4 Å². The molecule has 0 aliphatic carbocycles. The smallest absolute Gasteiger partial charge is 0.0595 e. The van der Waals surface area contributed by atoms with Gasteiger partial charge in [0.05, 0.1) is 10.0 Å². The first-order valence-electron chi connectivity index (χ1n) is 7.16. The number of likely N-dealkylation sites (tertiary alicyclic amines) is 1. The Morgan fingerprint density at radius 2 is 1.95 bits per heavy atom. The van der Waals surface area contributed by atoms with Gasteiger partial charge in [-0.1, -0.05) is 29.3 Å². The maximum Gasteiger partial charge on any atom is 0.0595 e. The van der Waals surface area contributed by atoms with E-state index in [2.05, 4.69) is 22.9 Å². The van der Waals surface area contributed by atoms with Crippen LogP contribution < -0.4 is 5.73 Å². The summed E-state index contributed by atoms with van der Waals surface area (Å²) in [6.45, 7) is 4.92. The quantitative estimate of drug-likeness (QED) is 0.907. The lowest BCUT2D eigenvalue weighted by Crippen LogP contribution is -2.44. The van der Waals surface area contributed by atoms with Crippen LogP contribution in [0.15, 0.2) is 18.2 Å². The van der Waals surface area contributed by atoms with E-state index in [-0.39, 0.29) is 0 Å². The third kappa shape index (κ3) is 4.34. The van der Waals surface area contributed by atoms with Gasteiger partial charge in [0.15, 0.2) is 0 Å². The average Bonchev–Trinajstić information content (AvgIpc) is 2.44. The number of benzene rings is 1. The predicted octanol–water partition coefficient (Wildman–Crippen LogP) is 2.85. The molecule has 2 N–H and O–H groups in total. The third-order valence-corrected chi connectivity index (χ3v) is 4.79. The highest BCUT2D eigenvalue weighted by Crippen LogP contribution is 2.24. The molecule has 1 saturated heterocycles. The number of hydrogen-bond acceptors (Lipinski definition) is 3. The Hall–Kier alpha value is -0.320. The average molecular weight is 316 g/mol. The molecular formula is C15H23Cl2N3. The Labute approximate surface area is 131 Å². The van der Waals surface area contributed by atoms with Crippen molar-refractivity contribution in [3.8, 4) is 0 Å². The summed E-state index contributed by atoms with van der Waals surface area (Å²) >= 11 is 12.0. The highest BCUT2D eigenvalue weighted by molar-refractivity contribution is 6.42. The van der Waals surface area contributed by atoms with Gasteiger partial charge in [-0.3, -0.25) is 4.90 Å². The number of halogens is 2. The van der Waals surface area contributed by atoms with E-state index in [1.807, 2.05) is 12.1 Å². The molecule has 0 spiro atoms. The van der Waals surface area contributed by atoms with Crippen LogP contribution in [-0.2, 0) is 6.54 Å². The van der Waals surface area contributed by atoms with Crippen LogP contribution in [0.3, 0.4) is 0 Å². The summed E-state index contributed by atoms with van der Waals surface area (Å²) < 4.78 is 0. The van der Waals surface area contributed by atoms with Gasteiger partial charge in [0.2, 0.25) is 0 Å². The minimum absolute atomic E-state index is 0.623. The van der Waals surface area contributed by atoms with Crippen LogP contribution in [0.4, 0.5) is 0 Å². The van der Waals surface area contributed by atoms with Gasteiger partial charge in [0.1, 0.15) is 0 Å². The summed E-state index contributed by atoms with van der Waals surface area (Å²) in [7, 11) is 2.17. The molecule has 1 aliphatic rings. The molecule has 2 rings (SSSR count). The normalized spacial score (nSPS) is 17.9. The van der Waals surface area contributed by atoms with Gasteiger partial charge in [-0.05, 0) is 50.7 Å². The molecule has 0 bridgehead atoms. The van der Waals surface area contributed by atoms with E-state index < -0.39 is 0 Å². The third-order valence-electron chi connectivity index (χ3n) is 4.05. The second kappa shape index (κ2) is 7.62. The lowest BCUT2D eigenvalue weighted by atomic mass is 10.0.